The van der Waals surface area contributed by atoms with Gasteiger partial charge in [0.1, 0.15) is 0 Å². The minimum atomic E-state index is -0.251. The van der Waals surface area contributed by atoms with Gasteiger partial charge in [0, 0.05) is 11.4 Å². The number of fused-ring (bicyclic) bond motifs is 2. The lowest BCUT2D eigenvalue weighted by Crippen LogP contribution is -2.25. The van der Waals surface area contributed by atoms with Crippen molar-refractivity contribution < 1.29 is 9.59 Å². The van der Waals surface area contributed by atoms with Crippen LogP contribution in [0.3, 0.4) is 0 Å². The van der Waals surface area contributed by atoms with Crippen LogP contribution in [0, 0.1) is 0 Å². The Morgan fingerprint density at radius 2 is 0.925 bits per heavy atom. The van der Waals surface area contributed by atoms with Gasteiger partial charge in [0.15, 0.2) is 0 Å². The summed E-state index contributed by atoms with van der Waals surface area (Å²) in [6.45, 7) is 0.211. The molecule has 0 aliphatic rings. The van der Waals surface area contributed by atoms with Gasteiger partial charge < -0.3 is 10.6 Å². The minimum absolute atomic E-state index is 0.106. The first-order chi connectivity index (χ1) is 19.6. The number of carbonyl (C=O) groups excluding carboxylic acids is 2. The summed E-state index contributed by atoms with van der Waals surface area (Å²) in [5, 5.41) is 18.8. The van der Waals surface area contributed by atoms with Crippen LogP contribution < -0.4 is 21.5 Å². The molecule has 40 heavy (non-hydrogen) atoms. The fourth-order valence-corrected chi connectivity index (χ4v) is 4.07. The van der Waals surface area contributed by atoms with Gasteiger partial charge in [-0.2, -0.15) is 10.2 Å². The number of carbonyl (C=O) groups is 2. The lowest BCUT2D eigenvalue weighted by molar-refractivity contribution is -0.120. The van der Waals surface area contributed by atoms with Gasteiger partial charge in [0.05, 0.1) is 25.5 Å². The molecule has 0 aromatic heterocycles. The molecule has 0 spiro atoms. The summed E-state index contributed by atoms with van der Waals surface area (Å²) in [4.78, 5) is 24.3. The topological polar surface area (TPSA) is 107 Å². The van der Waals surface area contributed by atoms with Crippen LogP contribution in [-0.4, -0.2) is 37.3 Å². The number of hydrogen-bond donors (Lipinski definition) is 4. The van der Waals surface area contributed by atoms with Gasteiger partial charge in [-0.1, -0.05) is 84.9 Å². The Balaban J connectivity index is 1.02. The van der Waals surface area contributed by atoms with Crippen LogP contribution in [0.2, 0.25) is 0 Å². The number of nitrogens with one attached hydrogen (secondary N) is 4. The largest absolute Gasteiger partial charge is 0.376 e. The second-order valence-electron chi connectivity index (χ2n) is 9.08. The first-order valence-electron chi connectivity index (χ1n) is 12.8. The van der Waals surface area contributed by atoms with Gasteiger partial charge in [-0.15, -0.1) is 0 Å². The van der Waals surface area contributed by atoms with E-state index in [0.717, 1.165) is 44.0 Å². The van der Waals surface area contributed by atoms with E-state index < -0.39 is 0 Å². The fourth-order valence-electron chi connectivity index (χ4n) is 4.07. The Morgan fingerprint density at radius 1 is 0.525 bits per heavy atom. The number of rotatable bonds is 10. The highest BCUT2D eigenvalue weighted by Crippen LogP contribution is 2.19. The fraction of sp³-hybridized carbons (Fsp3) is 0.0625. The van der Waals surface area contributed by atoms with Crippen LogP contribution in [0.1, 0.15) is 11.1 Å². The lowest BCUT2D eigenvalue weighted by atomic mass is 10.1. The highest BCUT2D eigenvalue weighted by molar-refractivity contribution is 5.89. The van der Waals surface area contributed by atoms with Crippen molar-refractivity contribution in [2.75, 3.05) is 23.7 Å². The van der Waals surface area contributed by atoms with Crippen molar-refractivity contribution in [3.63, 3.8) is 0 Å². The molecule has 2 amide bonds. The van der Waals surface area contributed by atoms with E-state index in [1.54, 1.807) is 12.4 Å². The van der Waals surface area contributed by atoms with E-state index in [-0.39, 0.29) is 24.9 Å². The molecule has 0 aliphatic carbocycles. The van der Waals surface area contributed by atoms with Gasteiger partial charge in [-0.3, -0.25) is 9.59 Å². The molecule has 5 rings (SSSR count). The number of benzene rings is 5. The van der Waals surface area contributed by atoms with E-state index in [4.69, 9.17) is 0 Å². The first-order valence-corrected chi connectivity index (χ1v) is 12.8. The van der Waals surface area contributed by atoms with Crippen molar-refractivity contribution in [1.82, 2.24) is 10.9 Å². The smallest absolute Gasteiger partial charge is 0.259 e. The molecule has 8 nitrogen and oxygen atoms in total. The third kappa shape index (κ3) is 7.29. The molecule has 0 bridgehead atoms. The number of anilines is 2. The molecule has 0 saturated carbocycles. The van der Waals surface area contributed by atoms with Gasteiger partial charge in [0.25, 0.3) is 11.8 Å². The summed E-state index contributed by atoms with van der Waals surface area (Å²) in [5.41, 5.74) is 8.39. The SMILES string of the molecule is O=C(CNc1ccc2ccccc2c1)N/N=C\c1ccc(/C=N\NC(=O)CNc2ccc3ccccc3c2)cc1. The summed E-state index contributed by atoms with van der Waals surface area (Å²) in [7, 11) is 0. The van der Waals surface area contributed by atoms with Crippen LogP contribution in [0.25, 0.3) is 21.5 Å². The summed E-state index contributed by atoms with van der Waals surface area (Å²) in [6, 6.07) is 35.4. The normalized spacial score (nSPS) is 11.2. The quantitative estimate of drug-likeness (QED) is 0.149. The molecular formula is C32H28N6O2. The zero-order valence-corrected chi connectivity index (χ0v) is 21.7. The monoisotopic (exact) mass is 528 g/mol. The molecule has 0 saturated heterocycles. The van der Waals surface area contributed by atoms with Crippen LogP contribution in [0.5, 0.6) is 0 Å². The number of nitrogens with zero attached hydrogens (tertiary/aromatic N) is 2. The van der Waals surface area contributed by atoms with Crippen LogP contribution in [0.4, 0.5) is 11.4 Å². The zero-order valence-electron chi connectivity index (χ0n) is 21.7. The Hall–Kier alpha value is -5.50. The number of amides is 2. The Bertz CT molecular complexity index is 1570. The van der Waals surface area contributed by atoms with Crippen molar-refractivity contribution in [3.05, 3.63) is 120 Å². The lowest BCUT2D eigenvalue weighted by Gasteiger charge is -2.07. The predicted octanol–water partition coefficient (Wildman–Crippen LogP) is 5.12. The van der Waals surface area contributed by atoms with E-state index >= 15 is 0 Å². The van der Waals surface area contributed by atoms with Crippen molar-refractivity contribution in [3.8, 4) is 0 Å². The van der Waals surface area contributed by atoms with Crippen molar-refractivity contribution in [1.29, 1.82) is 0 Å². The van der Waals surface area contributed by atoms with Gasteiger partial charge in [0.2, 0.25) is 0 Å². The Kier molecular flexibility index (Phi) is 8.38. The molecule has 198 valence electrons. The number of hydrazone groups is 2. The van der Waals surface area contributed by atoms with E-state index in [1.807, 2.05) is 109 Å². The maximum absolute atomic E-state index is 12.1. The average Bonchev–Trinajstić information content (AvgIpc) is 2.99. The van der Waals surface area contributed by atoms with Gasteiger partial charge in [-0.25, -0.2) is 10.9 Å². The molecule has 0 unspecified atom stereocenters. The maximum Gasteiger partial charge on any atom is 0.259 e. The Labute approximate surface area is 231 Å². The van der Waals surface area contributed by atoms with Crippen molar-refractivity contribution in [2.45, 2.75) is 0 Å². The first kappa shape index (κ1) is 26.1. The molecule has 0 heterocycles. The maximum atomic E-state index is 12.1. The molecule has 5 aromatic rings. The van der Waals surface area contributed by atoms with E-state index in [1.165, 1.54) is 0 Å². The van der Waals surface area contributed by atoms with E-state index in [0.29, 0.717) is 0 Å². The third-order valence-electron chi connectivity index (χ3n) is 6.15. The minimum Gasteiger partial charge on any atom is -0.376 e. The summed E-state index contributed by atoms with van der Waals surface area (Å²) in [5.74, 6) is -0.502. The summed E-state index contributed by atoms with van der Waals surface area (Å²) >= 11 is 0. The standard InChI is InChI=1S/C32H28N6O2/c39-31(21-33-29-15-13-25-5-1-3-7-27(25)17-29)37-35-19-23-9-11-24(12-10-23)20-36-38-32(40)22-34-30-16-14-26-6-2-4-8-28(26)18-30/h1-20,33-34H,21-22H2,(H,37,39)(H,38,40)/b35-19-,36-20-. The van der Waals surface area contributed by atoms with Crippen molar-refractivity contribution >= 4 is 57.2 Å². The molecule has 0 radical (unpaired) electrons. The second kappa shape index (κ2) is 12.8. The van der Waals surface area contributed by atoms with Crippen molar-refractivity contribution in [2.24, 2.45) is 10.2 Å². The second-order valence-corrected chi connectivity index (χ2v) is 9.08. The predicted molar refractivity (Wildman–Crippen MR) is 163 cm³/mol. The molecule has 5 aromatic carbocycles. The molecule has 8 heteroatoms. The molecular weight excluding hydrogens is 500 g/mol. The van der Waals surface area contributed by atoms with E-state index in [9.17, 15) is 9.59 Å². The molecule has 0 fully saturated rings. The highest BCUT2D eigenvalue weighted by Gasteiger charge is 2.02. The summed E-state index contributed by atoms with van der Waals surface area (Å²) < 4.78 is 0. The van der Waals surface area contributed by atoms with E-state index in [2.05, 4.69) is 31.7 Å². The summed E-state index contributed by atoms with van der Waals surface area (Å²) in [6.07, 6.45) is 3.13. The van der Waals surface area contributed by atoms with Crippen LogP contribution in [-0.2, 0) is 9.59 Å². The zero-order chi connectivity index (χ0) is 27.6. The molecule has 4 N–H and O–H groups in total. The van der Waals surface area contributed by atoms with Crippen LogP contribution >= 0.6 is 0 Å². The Morgan fingerprint density at radius 3 is 1.35 bits per heavy atom. The molecule has 0 atom stereocenters. The molecule has 0 aliphatic heterocycles. The van der Waals surface area contributed by atoms with Gasteiger partial charge in [-0.05, 0) is 56.9 Å². The van der Waals surface area contributed by atoms with Gasteiger partial charge >= 0.3 is 0 Å². The third-order valence-corrected chi connectivity index (χ3v) is 6.15. The average molecular weight is 529 g/mol. The van der Waals surface area contributed by atoms with Crippen LogP contribution in [0.15, 0.2) is 119 Å². The number of hydrogen-bond acceptors (Lipinski definition) is 6. The highest BCUT2D eigenvalue weighted by atomic mass is 16.2.